The van der Waals surface area contributed by atoms with Crippen LogP contribution in [0.5, 0.6) is 0 Å². The Morgan fingerprint density at radius 3 is 2.35 bits per heavy atom. The highest BCUT2D eigenvalue weighted by Gasteiger charge is 2.16. The second-order valence-electron chi connectivity index (χ2n) is 5.09. The van der Waals surface area contributed by atoms with Gasteiger partial charge in [-0.3, -0.25) is 9.20 Å². The van der Waals surface area contributed by atoms with Crippen molar-refractivity contribution in [3.8, 4) is 11.3 Å². The van der Waals surface area contributed by atoms with Gasteiger partial charge in [-0.1, -0.05) is 60.7 Å². The van der Waals surface area contributed by atoms with Crippen LogP contribution in [-0.2, 0) is 0 Å². The summed E-state index contributed by atoms with van der Waals surface area (Å²) in [6, 6.07) is 20.6. The Bertz CT molecular complexity index is 978. The first kappa shape index (κ1) is 13.3. The number of hydrogen-bond acceptors (Lipinski definition) is 4. The van der Waals surface area contributed by atoms with E-state index in [9.17, 15) is 4.79 Å². The van der Waals surface area contributed by atoms with Gasteiger partial charge in [-0.05, 0) is 6.07 Å². The zero-order valence-corrected chi connectivity index (χ0v) is 12.1. The van der Waals surface area contributed by atoms with E-state index >= 15 is 0 Å². The fourth-order valence-corrected chi connectivity index (χ4v) is 2.48. The van der Waals surface area contributed by atoms with Crippen molar-refractivity contribution in [1.29, 1.82) is 0 Å². The van der Waals surface area contributed by atoms with E-state index in [1.807, 2.05) is 48.5 Å². The summed E-state index contributed by atoms with van der Waals surface area (Å²) in [4.78, 5) is 17.3. The lowest BCUT2D eigenvalue weighted by Crippen LogP contribution is -2.09. The monoisotopic (exact) mass is 300 g/mol. The van der Waals surface area contributed by atoms with Gasteiger partial charge in [-0.25, -0.2) is 4.98 Å². The van der Waals surface area contributed by atoms with Crippen molar-refractivity contribution in [2.24, 2.45) is 0 Å². The van der Waals surface area contributed by atoms with E-state index in [4.69, 9.17) is 0 Å². The van der Waals surface area contributed by atoms with E-state index in [1.165, 1.54) is 6.33 Å². The molecule has 0 fully saturated rings. The second kappa shape index (κ2) is 5.46. The van der Waals surface area contributed by atoms with Crippen LogP contribution in [0, 0.1) is 0 Å². The minimum atomic E-state index is -0.0880. The molecule has 0 aliphatic rings. The first-order valence-electron chi connectivity index (χ1n) is 7.19. The van der Waals surface area contributed by atoms with E-state index in [2.05, 4.69) is 15.2 Å². The molecule has 0 bridgehead atoms. The molecule has 0 amide bonds. The minimum Gasteiger partial charge on any atom is -0.287 e. The molecule has 2 heterocycles. The van der Waals surface area contributed by atoms with Crippen LogP contribution < -0.4 is 0 Å². The van der Waals surface area contributed by atoms with Gasteiger partial charge in [0.1, 0.15) is 12.0 Å². The number of rotatable bonds is 3. The summed E-state index contributed by atoms with van der Waals surface area (Å²) >= 11 is 0. The SMILES string of the molecule is O=C(c1ccccc1)c1cc(-c2ccccc2)nc2nncn12. The van der Waals surface area contributed by atoms with Crippen LogP contribution in [0.25, 0.3) is 17.0 Å². The summed E-state index contributed by atoms with van der Waals surface area (Å²) in [7, 11) is 0. The standard InChI is InChI=1S/C18H12N4O/c23-17(14-9-5-2-6-10-14)16-11-15(13-7-3-1-4-8-13)20-18-21-19-12-22(16)18/h1-12H. The molecule has 0 atom stereocenters. The molecular weight excluding hydrogens is 288 g/mol. The molecule has 0 saturated heterocycles. The smallest absolute Gasteiger partial charge is 0.255 e. The van der Waals surface area contributed by atoms with Crippen LogP contribution >= 0.6 is 0 Å². The number of ketones is 1. The maximum Gasteiger partial charge on any atom is 0.255 e. The molecule has 4 aromatic rings. The number of benzene rings is 2. The summed E-state index contributed by atoms with van der Waals surface area (Å²) in [6.45, 7) is 0. The third kappa shape index (κ3) is 2.38. The number of carbonyl (C=O) groups is 1. The van der Waals surface area contributed by atoms with Gasteiger partial charge in [0.05, 0.1) is 5.69 Å². The zero-order chi connectivity index (χ0) is 15.6. The molecule has 110 valence electrons. The van der Waals surface area contributed by atoms with Gasteiger partial charge in [0, 0.05) is 11.1 Å². The molecule has 0 aliphatic heterocycles. The van der Waals surface area contributed by atoms with Crippen molar-refractivity contribution in [2.45, 2.75) is 0 Å². The Morgan fingerprint density at radius 2 is 1.61 bits per heavy atom. The lowest BCUT2D eigenvalue weighted by molar-refractivity contribution is 0.103. The fourth-order valence-electron chi connectivity index (χ4n) is 2.48. The molecule has 0 radical (unpaired) electrons. The van der Waals surface area contributed by atoms with Crippen molar-refractivity contribution in [1.82, 2.24) is 19.6 Å². The normalized spacial score (nSPS) is 10.8. The van der Waals surface area contributed by atoms with E-state index in [-0.39, 0.29) is 5.78 Å². The summed E-state index contributed by atoms with van der Waals surface area (Å²) in [6.07, 6.45) is 1.51. The Hall–Kier alpha value is -3.34. The van der Waals surface area contributed by atoms with Crippen molar-refractivity contribution in [2.75, 3.05) is 0 Å². The third-order valence-electron chi connectivity index (χ3n) is 3.62. The molecule has 0 aliphatic carbocycles. The summed E-state index contributed by atoms with van der Waals surface area (Å²) < 4.78 is 1.61. The quantitative estimate of drug-likeness (QED) is 0.546. The number of aromatic nitrogens is 4. The summed E-state index contributed by atoms with van der Waals surface area (Å²) in [5.74, 6) is 0.320. The Labute approximate surface area is 132 Å². The van der Waals surface area contributed by atoms with Crippen molar-refractivity contribution in [3.63, 3.8) is 0 Å². The molecule has 0 saturated carbocycles. The summed E-state index contributed by atoms with van der Waals surface area (Å²) in [5.41, 5.74) is 2.74. The van der Waals surface area contributed by atoms with Crippen LogP contribution in [0.15, 0.2) is 73.1 Å². The predicted molar refractivity (Wildman–Crippen MR) is 86.1 cm³/mol. The lowest BCUT2D eigenvalue weighted by atomic mass is 10.1. The molecular formula is C18H12N4O. The Kier molecular flexibility index (Phi) is 3.16. The van der Waals surface area contributed by atoms with Gasteiger partial charge >= 0.3 is 0 Å². The molecule has 2 aromatic carbocycles. The van der Waals surface area contributed by atoms with Crippen LogP contribution in [-0.4, -0.2) is 25.4 Å². The predicted octanol–water partition coefficient (Wildman–Crippen LogP) is 3.02. The van der Waals surface area contributed by atoms with Crippen LogP contribution in [0.2, 0.25) is 0 Å². The molecule has 5 heteroatoms. The Morgan fingerprint density at radius 1 is 0.913 bits per heavy atom. The van der Waals surface area contributed by atoms with Gasteiger partial charge in [-0.15, -0.1) is 10.2 Å². The van der Waals surface area contributed by atoms with E-state index in [0.29, 0.717) is 22.7 Å². The van der Waals surface area contributed by atoms with Crippen LogP contribution in [0.3, 0.4) is 0 Å². The van der Waals surface area contributed by atoms with Crippen molar-refractivity contribution < 1.29 is 4.79 Å². The average Bonchev–Trinajstić information content (AvgIpc) is 3.10. The average molecular weight is 300 g/mol. The Balaban J connectivity index is 1.92. The second-order valence-corrected chi connectivity index (χ2v) is 5.09. The van der Waals surface area contributed by atoms with Gasteiger partial charge < -0.3 is 0 Å². The number of hydrogen-bond donors (Lipinski definition) is 0. The first-order valence-corrected chi connectivity index (χ1v) is 7.19. The van der Waals surface area contributed by atoms with Crippen molar-refractivity contribution in [3.05, 3.63) is 84.3 Å². The van der Waals surface area contributed by atoms with Crippen molar-refractivity contribution >= 4 is 11.6 Å². The topological polar surface area (TPSA) is 60.2 Å². The van der Waals surface area contributed by atoms with Gasteiger partial charge in [0.15, 0.2) is 0 Å². The van der Waals surface area contributed by atoms with Gasteiger partial charge in [0.25, 0.3) is 5.78 Å². The van der Waals surface area contributed by atoms with Gasteiger partial charge in [-0.2, -0.15) is 0 Å². The number of nitrogens with zero attached hydrogens (tertiary/aromatic N) is 4. The largest absolute Gasteiger partial charge is 0.287 e. The highest BCUT2D eigenvalue weighted by Crippen LogP contribution is 2.20. The maximum atomic E-state index is 12.8. The van der Waals surface area contributed by atoms with Crippen LogP contribution in [0.1, 0.15) is 16.1 Å². The minimum absolute atomic E-state index is 0.0880. The molecule has 23 heavy (non-hydrogen) atoms. The molecule has 4 rings (SSSR count). The highest BCUT2D eigenvalue weighted by molar-refractivity contribution is 6.08. The summed E-state index contributed by atoms with van der Waals surface area (Å²) in [5, 5.41) is 7.86. The fraction of sp³-hybridized carbons (Fsp3) is 0. The molecule has 0 unspecified atom stereocenters. The van der Waals surface area contributed by atoms with Crippen LogP contribution in [0.4, 0.5) is 0 Å². The van der Waals surface area contributed by atoms with E-state index in [1.54, 1.807) is 22.6 Å². The molecule has 0 spiro atoms. The molecule has 5 nitrogen and oxygen atoms in total. The maximum absolute atomic E-state index is 12.8. The number of carbonyl (C=O) groups excluding carboxylic acids is 1. The molecule has 2 aromatic heterocycles. The number of fused-ring (bicyclic) bond motifs is 1. The third-order valence-corrected chi connectivity index (χ3v) is 3.62. The van der Waals surface area contributed by atoms with E-state index in [0.717, 1.165) is 5.56 Å². The highest BCUT2D eigenvalue weighted by atomic mass is 16.1. The lowest BCUT2D eigenvalue weighted by Gasteiger charge is -2.07. The first-order chi connectivity index (χ1) is 11.3. The zero-order valence-electron chi connectivity index (χ0n) is 12.1. The van der Waals surface area contributed by atoms with Gasteiger partial charge in [0.2, 0.25) is 5.78 Å². The van der Waals surface area contributed by atoms with E-state index < -0.39 is 0 Å². The molecule has 0 N–H and O–H groups in total.